The lowest BCUT2D eigenvalue weighted by molar-refractivity contribution is 0.0698. The van der Waals surface area contributed by atoms with Crippen LogP contribution in [0, 0.1) is 13.8 Å². The number of aromatic carboxylic acids is 1. The minimum atomic E-state index is -1.10. The zero-order valence-electron chi connectivity index (χ0n) is 11.3. The number of rotatable bonds is 2. The summed E-state index contributed by atoms with van der Waals surface area (Å²) in [6.45, 7) is 3.35. The van der Waals surface area contributed by atoms with E-state index in [1.54, 1.807) is 19.2 Å². The van der Waals surface area contributed by atoms with E-state index in [4.69, 9.17) is 4.74 Å². The Bertz CT molecular complexity index is 743. The molecule has 0 aliphatic heterocycles. The van der Waals surface area contributed by atoms with Crippen LogP contribution in [0.2, 0.25) is 0 Å². The summed E-state index contributed by atoms with van der Waals surface area (Å²) in [6.07, 6.45) is 0. The van der Waals surface area contributed by atoms with Crippen LogP contribution in [0.15, 0.2) is 16.9 Å². The van der Waals surface area contributed by atoms with E-state index in [1.165, 1.54) is 18.6 Å². The largest absolute Gasteiger partial charge is 0.497 e. The molecule has 5 nitrogen and oxygen atoms in total. The number of hydrogen-bond acceptors (Lipinski definition) is 3. The van der Waals surface area contributed by atoms with Gasteiger partial charge in [0.2, 0.25) is 0 Å². The average molecular weight is 261 g/mol. The van der Waals surface area contributed by atoms with Crippen molar-refractivity contribution in [1.82, 2.24) is 4.57 Å². The fourth-order valence-corrected chi connectivity index (χ4v) is 2.44. The average Bonchev–Trinajstić information content (AvgIpc) is 2.35. The minimum Gasteiger partial charge on any atom is -0.497 e. The molecule has 1 heterocycles. The molecule has 0 saturated carbocycles. The number of carboxylic acid groups (broad SMARTS) is 1. The number of fused-ring (bicyclic) bond motifs is 1. The van der Waals surface area contributed by atoms with Gasteiger partial charge in [-0.1, -0.05) is 0 Å². The zero-order valence-corrected chi connectivity index (χ0v) is 11.3. The van der Waals surface area contributed by atoms with Crippen molar-refractivity contribution in [3.05, 3.63) is 39.2 Å². The number of aryl methyl sites for hydroxylation is 2. The van der Waals surface area contributed by atoms with E-state index in [1.807, 2.05) is 6.92 Å². The van der Waals surface area contributed by atoms with Crippen molar-refractivity contribution in [1.29, 1.82) is 0 Å². The van der Waals surface area contributed by atoms with Gasteiger partial charge >= 0.3 is 5.97 Å². The molecular formula is C14H15NO4. The molecule has 0 radical (unpaired) electrons. The molecule has 5 heteroatoms. The van der Waals surface area contributed by atoms with Gasteiger partial charge in [-0.05, 0) is 31.5 Å². The summed E-state index contributed by atoms with van der Waals surface area (Å²) in [5.74, 6) is -0.529. The van der Waals surface area contributed by atoms with Crippen LogP contribution in [0.5, 0.6) is 5.75 Å². The van der Waals surface area contributed by atoms with E-state index >= 15 is 0 Å². The number of hydrogen-bond donors (Lipinski definition) is 1. The number of carboxylic acids is 1. The number of methoxy groups -OCH3 is 1. The Morgan fingerprint density at radius 1 is 1.32 bits per heavy atom. The van der Waals surface area contributed by atoms with E-state index in [0.29, 0.717) is 16.7 Å². The fourth-order valence-electron chi connectivity index (χ4n) is 2.44. The number of pyridine rings is 1. The molecule has 0 amide bonds. The molecular weight excluding hydrogens is 246 g/mol. The van der Waals surface area contributed by atoms with Gasteiger partial charge in [0.25, 0.3) is 5.56 Å². The Morgan fingerprint density at radius 3 is 2.47 bits per heavy atom. The highest BCUT2D eigenvalue weighted by Gasteiger charge is 2.19. The summed E-state index contributed by atoms with van der Waals surface area (Å²) in [5.41, 5.74) is 1.40. The highest BCUT2D eigenvalue weighted by molar-refractivity contribution is 6.05. The summed E-state index contributed by atoms with van der Waals surface area (Å²) in [6, 6.07) is 3.43. The number of benzene rings is 1. The second-order valence-corrected chi connectivity index (χ2v) is 4.51. The Kier molecular flexibility index (Phi) is 3.06. The maximum Gasteiger partial charge on any atom is 0.336 e. The molecule has 19 heavy (non-hydrogen) atoms. The molecule has 0 saturated heterocycles. The van der Waals surface area contributed by atoms with Gasteiger partial charge in [-0.2, -0.15) is 0 Å². The van der Waals surface area contributed by atoms with Gasteiger partial charge in [0.1, 0.15) is 5.75 Å². The van der Waals surface area contributed by atoms with Crippen molar-refractivity contribution in [2.45, 2.75) is 13.8 Å². The Balaban J connectivity index is 3.12. The monoisotopic (exact) mass is 261 g/mol. The van der Waals surface area contributed by atoms with Gasteiger partial charge in [0.15, 0.2) is 0 Å². The summed E-state index contributed by atoms with van der Waals surface area (Å²) >= 11 is 0. The lowest BCUT2D eigenvalue weighted by atomic mass is 10.0. The van der Waals surface area contributed by atoms with Crippen molar-refractivity contribution in [3.8, 4) is 5.75 Å². The number of aromatic nitrogens is 1. The van der Waals surface area contributed by atoms with Crippen molar-refractivity contribution < 1.29 is 14.6 Å². The molecule has 0 spiro atoms. The second-order valence-electron chi connectivity index (χ2n) is 4.51. The van der Waals surface area contributed by atoms with Crippen LogP contribution in [0.25, 0.3) is 10.9 Å². The highest BCUT2D eigenvalue weighted by atomic mass is 16.5. The maximum atomic E-state index is 12.1. The second kappa shape index (κ2) is 4.42. The fraction of sp³-hybridized carbons (Fsp3) is 0.286. The summed E-state index contributed by atoms with van der Waals surface area (Å²) in [4.78, 5) is 23.5. The molecule has 100 valence electrons. The first-order chi connectivity index (χ1) is 8.88. The van der Waals surface area contributed by atoms with Crippen molar-refractivity contribution in [3.63, 3.8) is 0 Å². The maximum absolute atomic E-state index is 12.1. The van der Waals surface area contributed by atoms with E-state index in [-0.39, 0.29) is 16.7 Å². The van der Waals surface area contributed by atoms with Crippen LogP contribution in [-0.2, 0) is 7.05 Å². The lowest BCUT2D eigenvalue weighted by Crippen LogP contribution is -2.24. The molecule has 0 aliphatic rings. The normalized spacial score (nSPS) is 10.7. The first kappa shape index (κ1) is 13.1. The SMILES string of the molecule is COc1cc(C)c2c(c1)c(C(=O)O)c(C)c(=O)n2C. The third kappa shape index (κ3) is 1.87. The smallest absolute Gasteiger partial charge is 0.336 e. The molecule has 2 aromatic rings. The lowest BCUT2D eigenvalue weighted by Gasteiger charge is -2.14. The molecule has 1 aromatic carbocycles. The third-order valence-electron chi connectivity index (χ3n) is 3.33. The van der Waals surface area contributed by atoms with Crippen LogP contribution in [-0.4, -0.2) is 22.8 Å². The van der Waals surface area contributed by atoms with Crippen molar-refractivity contribution in [2.75, 3.05) is 7.11 Å². The molecule has 2 rings (SSSR count). The summed E-state index contributed by atoms with van der Waals surface area (Å²) in [7, 11) is 3.17. The van der Waals surface area contributed by atoms with Crippen molar-refractivity contribution >= 4 is 16.9 Å². The third-order valence-corrected chi connectivity index (χ3v) is 3.33. The van der Waals surface area contributed by atoms with Crippen molar-refractivity contribution in [2.24, 2.45) is 7.05 Å². The van der Waals surface area contributed by atoms with Gasteiger partial charge in [-0.25, -0.2) is 4.79 Å². The first-order valence-corrected chi connectivity index (χ1v) is 5.79. The zero-order chi connectivity index (χ0) is 14.3. The predicted octanol–water partition coefficient (Wildman–Crippen LogP) is 1.86. The van der Waals surface area contributed by atoms with Gasteiger partial charge in [0, 0.05) is 18.0 Å². The molecule has 0 atom stereocenters. The van der Waals surface area contributed by atoms with Gasteiger partial charge in [0.05, 0.1) is 18.2 Å². The van der Waals surface area contributed by atoms with E-state index < -0.39 is 5.97 Å². The minimum absolute atomic E-state index is 0.0418. The summed E-state index contributed by atoms with van der Waals surface area (Å²) in [5, 5.41) is 9.86. The van der Waals surface area contributed by atoms with E-state index in [9.17, 15) is 14.7 Å². The highest BCUT2D eigenvalue weighted by Crippen LogP contribution is 2.27. The van der Waals surface area contributed by atoms with Crippen LogP contribution < -0.4 is 10.3 Å². The van der Waals surface area contributed by atoms with E-state index in [2.05, 4.69) is 0 Å². The number of ether oxygens (including phenoxy) is 1. The summed E-state index contributed by atoms with van der Waals surface area (Å²) < 4.78 is 6.65. The van der Waals surface area contributed by atoms with Gasteiger partial charge in [-0.15, -0.1) is 0 Å². The van der Waals surface area contributed by atoms with Crippen LogP contribution in [0.1, 0.15) is 21.5 Å². The van der Waals surface area contributed by atoms with Gasteiger partial charge < -0.3 is 14.4 Å². The molecule has 0 aliphatic carbocycles. The first-order valence-electron chi connectivity index (χ1n) is 5.79. The number of carbonyl (C=O) groups is 1. The molecule has 0 fully saturated rings. The van der Waals surface area contributed by atoms with Crippen LogP contribution in [0.3, 0.4) is 0 Å². The molecule has 1 N–H and O–H groups in total. The quantitative estimate of drug-likeness (QED) is 0.896. The number of nitrogens with zero attached hydrogens (tertiary/aromatic N) is 1. The Labute approximate surface area is 110 Å². The molecule has 1 aromatic heterocycles. The van der Waals surface area contributed by atoms with Gasteiger partial charge in [-0.3, -0.25) is 4.79 Å². The Morgan fingerprint density at radius 2 is 1.95 bits per heavy atom. The predicted molar refractivity (Wildman–Crippen MR) is 72.2 cm³/mol. The molecule has 0 unspecified atom stereocenters. The van der Waals surface area contributed by atoms with Crippen LogP contribution in [0.4, 0.5) is 0 Å². The topological polar surface area (TPSA) is 68.5 Å². The van der Waals surface area contributed by atoms with Crippen LogP contribution >= 0.6 is 0 Å². The standard InChI is InChI=1S/C14H15NO4/c1-7-5-9(19-4)6-10-11(14(17)18)8(2)13(16)15(3)12(7)10/h5-6H,1-4H3,(H,17,18). The Hall–Kier alpha value is -2.30. The molecule has 0 bridgehead atoms. The van der Waals surface area contributed by atoms with E-state index in [0.717, 1.165) is 5.56 Å².